The Morgan fingerprint density at radius 1 is 0.962 bits per heavy atom. The molecule has 0 bridgehead atoms. The molecule has 0 saturated carbocycles. The van der Waals surface area contributed by atoms with Gasteiger partial charge < -0.3 is 5.32 Å². The monoisotopic (exact) mass is 353 g/mol. The molecule has 0 aliphatic heterocycles. The number of rotatable bonds is 6. The van der Waals surface area contributed by atoms with E-state index in [4.69, 9.17) is 0 Å². The highest BCUT2D eigenvalue weighted by atomic mass is 16.2. The summed E-state index contributed by atoms with van der Waals surface area (Å²) in [4.78, 5) is 24.7. The fourth-order valence-corrected chi connectivity index (χ4v) is 2.28. The largest absolute Gasteiger partial charge is 0.344 e. The average Bonchev–Trinajstić information content (AvgIpc) is 2.61. The number of hydrazine groups is 1. The number of anilines is 1. The highest BCUT2D eigenvalue weighted by molar-refractivity contribution is 5.89. The van der Waals surface area contributed by atoms with Gasteiger partial charge in [0.05, 0.1) is 12.2 Å². The Morgan fingerprint density at radius 3 is 2.04 bits per heavy atom. The Labute approximate surface area is 155 Å². The van der Waals surface area contributed by atoms with Gasteiger partial charge in [-0.25, -0.2) is 0 Å². The lowest BCUT2D eigenvalue weighted by Gasteiger charge is -2.28. The summed E-state index contributed by atoms with van der Waals surface area (Å²) >= 11 is 0. The van der Waals surface area contributed by atoms with Crippen molar-refractivity contribution in [1.82, 2.24) is 10.7 Å². The van der Waals surface area contributed by atoms with Crippen LogP contribution in [0.5, 0.6) is 0 Å². The minimum Gasteiger partial charge on any atom is -0.344 e. The molecule has 1 unspecified atom stereocenters. The van der Waals surface area contributed by atoms with Crippen molar-refractivity contribution in [3.8, 4) is 0 Å². The molecule has 2 amide bonds. The second-order valence-corrected chi connectivity index (χ2v) is 7.33. The van der Waals surface area contributed by atoms with Crippen molar-refractivity contribution in [3.63, 3.8) is 0 Å². The minimum atomic E-state index is -0.635. The fourth-order valence-electron chi connectivity index (χ4n) is 2.28. The first-order valence-corrected chi connectivity index (χ1v) is 8.75. The molecule has 2 aromatic carbocycles. The molecule has 0 radical (unpaired) electrons. The van der Waals surface area contributed by atoms with E-state index in [0.717, 1.165) is 11.3 Å². The van der Waals surface area contributed by atoms with Gasteiger partial charge in [0.25, 0.3) is 5.91 Å². The number of nitrogens with one attached hydrogen (secondary N) is 2. The number of hydrogen-bond donors (Lipinski definition) is 2. The summed E-state index contributed by atoms with van der Waals surface area (Å²) in [6.45, 7) is 7.66. The third-order valence-electron chi connectivity index (χ3n) is 3.92. The number of carbonyl (C=O) groups excluding carboxylic acids is 2. The maximum Gasteiger partial charge on any atom is 0.260 e. The standard InChI is InChI=1S/C21H27N3O2/c1-16(22-20(26)21(2,3)4)19(25)23-24(18-13-9-6-10-14-18)15-17-11-7-5-8-12-17/h5-14,16H,15H2,1-4H3,(H,22,26)(H,23,25). The van der Waals surface area contributed by atoms with E-state index >= 15 is 0 Å². The molecular weight excluding hydrogens is 326 g/mol. The zero-order valence-corrected chi connectivity index (χ0v) is 15.8. The van der Waals surface area contributed by atoms with Crippen LogP contribution in [-0.2, 0) is 16.1 Å². The van der Waals surface area contributed by atoms with Crippen LogP contribution in [0.15, 0.2) is 60.7 Å². The van der Waals surface area contributed by atoms with Gasteiger partial charge in [-0.1, -0.05) is 69.3 Å². The van der Waals surface area contributed by atoms with Crippen LogP contribution in [0, 0.1) is 5.41 Å². The van der Waals surface area contributed by atoms with Crippen LogP contribution in [0.25, 0.3) is 0 Å². The third kappa shape index (κ3) is 5.62. The van der Waals surface area contributed by atoms with Crippen molar-refractivity contribution in [3.05, 3.63) is 66.2 Å². The summed E-state index contributed by atoms with van der Waals surface area (Å²) in [5.41, 5.74) is 4.32. The molecule has 2 rings (SSSR count). The Balaban J connectivity index is 2.11. The Kier molecular flexibility index (Phi) is 6.39. The average molecular weight is 353 g/mol. The van der Waals surface area contributed by atoms with Crippen molar-refractivity contribution >= 4 is 17.5 Å². The molecule has 0 aromatic heterocycles. The van der Waals surface area contributed by atoms with E-state index in [9.17, 15) is 9.59 Å². The van der Waals surface area contributed by atoms with Crippen LogP contribution >= 0.6 is 0 Å². The highest BCUT2D eigenvalue weighted by Gasteiger charge is 2.25. The minimum absolute atomic E-state index is 0.158. The van der Waals surface area contributed by atoms with Gasteiger partial charge in [-0.3, -0.25) is 20.0 Å². The molecular formula is C21H27N3O2. The summed E-state index contributed by atoms with van der Waals surface area (Å²) in [7, 11) is 0. The zero-order chi connectivity index (χ0) is 19.2. The van der Waals surface area contributed by atoms with Crippen LogP contribution in [0.2, 0.25) is 0 Å². The van der Waals surface area contributed by atoms with Crippen LogP contribution < -0.4 is 15.8 Å². The van der Waals surface area contributed by atoms with Gasteiger partial charge in [-0.15, -0.1) is 0 Å². The normalized spacial score (nSPS) is 12.2. The van der Waals surface area contributed by atoms with Gasteiger partial charge in [-0.05, 0) is 24.6 Å². The summed E-state index contributed by atoms with van der Waals surface area (Å²) in [5.74, 6) is -0.420. The van der Waals surface area contributed by atoms with Gasteiger partial charge in [0.15, 0.2) is 0 Å². The lowest BCUT2D eigenvalue weighted by Crippen LogP contribution is -2.52. The Morgan fingerprint density at radius 2 is 1.50 bits per heavy atom. The molecule has 5 nitrogen and oxygen atoms in total. The van der Waals surface area contributed by atoms with E-state index in [0.29, 0.717) is 6.54 Å². The first-order valence-electron chi connectivity index (χ1n) is 8.75. The molecule has 0 aliphatic rings. The molecule has 0 aliphatic carbocycles. The summed E-state index contributed by atoms with van der Waals surface area (Å²) in [6, 6.07) is 18.9. The second kappa shape index (κ2) is 8.52. The van der Waals surface area contributed by atoms with E-state index in [2.05, 4.69) is 10.7 Å². The zero-order valence-electron chi connectivity index (χ0n) is 15.8. The third-order valence-corrected chi connectivity index (χ3v) is 3.92. The molecule has 1 atom stereocenters. The van der Waals surface area contributed by atoms with Crippen molar-refractivity contribution in [2.24, 2.45) is 5.41 Å². The van der Waals surface area contributed by atoms with Crippen molar-refractivity contribution in [1.29, 1.82) is 0 Å². The Bertz CT molecular complexity index is 724. The predicted molar refractivity (Wildman–Crippen MR) is 104 cm³/mol. The maximum absolute atomic E-state index is 12.6. The van der Waals surface area contributed by atoms with E-state index in [1.54, 1.807) is 11.9 Å². The topological polar surface area (TPSA) is 61.4 Å². The maximum atomic E-state index is 12.6. The molecule has 0 fully saturated rings. The molecule has 138 valence electrons. The van der Waals surface area contributed by atoms with Crippen molar-refractivity contribution < 1.29 is 9.59 Å². The van der Waals surface area contributed by atoms with E-state index in [-0.39, 0.29) is 11.8 Å². The molecule has 0 heterocycles. The van der Waals surface area contributed by atoms with Gasteiger partial charge >= 0.3 is 0 Å². The van der Waals surface area contributed by atoms with E-state index < -0.39 is 11.5 Å². The highest BCUT2D eigenvalue weighted by Crippen LogP contribution is 2.15. The summed E-state index contributed by atoms with van der Waals surface area (Å²) in [6.07, 6.45) is 0. The summed E-state index contributed by atoms with van der Waals surface area (Å²) < 4.78 is 0. The fraction of sp³-hybridized carbons (Fsp3) is 0.333. The van der Waals surface area contributed by atoms with E-state index in [1.165, 1.54) is 0 Å². The second-order valence-electron chi connectivity index (χ2n) is 7.33. The first kappa shape index (κ1) is 19.5. The number of benzene rings is 2. The first-order chi connectivity index (χ1) is 12.3. The van der Waals surface area contributed by atoms with Gasteiger partial charge in [0.2, 0.25) is 5.91 Å². The number of nitrogens with zero attached hydrogens (tertiary/aromatic N) is 1. The van der Waals surface area contributed by atoms with Crippen LogP contribution in [0.1, 0.15) is 33.3 Å². The van der Waals surface area contributed by atoms with Gasteiger partial charge in [0, 0.05) is 5.41 Å². The molecule has 0 spiro atoms. The number of amides is 2. The van der Waals surface area contributed by atoms with Crippen molar-refractivity contribution in [2.45, 2.75) is 40.3 Å². The molecule has 2 N–H and O–H groups in total. The lowest BCUT2D eigenvalue weighted by atomic mass is 9.95. The van der Waals surface area contributed by atoms with Gasteiger partial charge in [-0.2, -0.15) is 0 Å². The molecule has 26 heavy (non-hydrogen) atoms. The van der Waals surface area contributed by atoms with Crippen LogP contribution in [-0.4, -0.2) is 17.9 Å². The van der Waals surface area contributed by atoms with Gasteiger partial charge in [0.1, 0.15) is 6.04 Å². The Hall–Kier alpha value is -2.82. The van der Waals surface area contributed by atoms with Crippen LogP contribution in [0.4, 0.5) is 5.69 Å². The number of carbonyl (C=O) groups is 2. The quantitative estimate of drug-likeness (QED) is 0.784. The van der Waals surface area contributed by atoms with E-state index in [1.807, 2.05) is 81.4 Å². The molecule has 0 saturated heterocycles. The smallest absolute Gasteiger partial charge is 0.260 e. The molecule has 5 heteroatoms. The molecule has 2 aromatic rings. The van der Waals surface area contributed by atoms with Crippen molar-refractivity contribution in [2.75, 3.05) is 5.01 Å². The number of hydrogen-bond acceptors (Lipinski definition) is 3. The summed E-state index contributed by atoms with van der Waals surface area (Å²) in [5, 5.41) is 4.55. The number of para-hydroxylation sites is 1. The SMILES string of the molecule is CC(NC(=O)C(C)(C)C)C(=O)NN(Cc1ccccc1)c1ccccc1. The predicted octanol–water partition coefficient (Wildman–Crippen LogP) is 3.28. The van der Waals surface area contributed by atoms with Crippen LogP contribution in [0.3, 0.4) is 0 Å². The lowest BCUT2D eigenvalue weighted by molar-refractivity contribution is -0.133.